The van der Waals surface area contributed by atoms with E-state index in [2.05, 4.69) is 15.3 Å². The van der Waals surface area contributed by atoms with Gasteiger partial charge >= 0.3 is 0 Å². The van der Waals surface area contributed by atoms with Gasteiger partial charge in [0.25, 0.3) is 5.56 Å². The van der Waals surface area contributed by atoms with Crippen LogP contribution in [-0.4, -0.2) is 21.5 Å². The van der Waals surface area contributed by atoms with Gasteiger partial charge in [-0.25, -0.2) is 4.98 Å². The molecule has 2 aliphatic rings. The SMILES string of the molecule is O=C(CCCc1nc2ccccc2c(=O)[nH]1)N[C@H]1CC2(CCCC2)Oc2ccccc21. The lowest BCUT2D eigenvalue weighted by atomic mass is 9.86. The van der Waals surface area contributed by atoms with Gasteiger partial charge < -0.3 is 15.0 Å². The van der Waals surface area contributed by atoms with Gasteiger partial charge in [-0.2, -0.15) is 0 Å². The van der Waals surface area contributed by atoms with Gasteiger partial charge in [0, 0.05) is 24.8 Å². The molecule has 160 valence electrons. The van der Waals surface area contributed by atoms with Crippen molar-refractivity contribution in [3.05, 3.63) is 70.3 Å². The third-order valence-corrected chi connectivity index (χ3v) is 6.53. The number of para-hydroxylation sites is 2. The van der Waals surface area contributed by atoms with Crippen LogP contribution in [0.25, 0.3) is 10.9 Å². The van der Waals surface area contributed by atoms with E-state index in [-0.39, 0.29) is 23.1 Å². The van der Waals surface area contributed by atoms with Crippen LogP contribution >= 0.6 is 0 Å². The Bertz CT molecular complexity index is 1160. The molecule has 1 atom stereocenters. The van der Waals surface area contributed by atoms with Gasteiger partial charge in [0.05, 0.1) is 16.9 Å². The van der Waals surface area contributed by atoms with Crippen molar-refractivity contribution in [2.24, 2.45) is 0 Å². The number of aromatic amines is 1. The smallest absolute Gasteiger partial charge is 0.258 e. The molecule has 31 heavy (non-hydrogen) atoms. The number of fused-ring (bicyclic) bond motifs is 2. The van der Waals surface area contributed by atoms with E-state index in [1.54, 1.807) is 6.07 Å². The van der Waals surface area contributed by atoms with Crippen molar-refractivity contribution in [3.8, 4) is 5.75 Å². The lowest BCUT2D eigenvalue weighted by Crippen LogP contribution is -2.43. The van der Waals surface area contributed by atoms with Crippen LogP contribution in [-0.2, 0) is 11.2 Å². The summed E-state index contributed by atoms with van der Waals surface area (Å²) in [4.78, 5) is 32.3. The number of hydrogen-bond donors (Lipinski definition) is 2. The molecule has 6 nitrogen and oxygen atoms in total. The molecule has 1 aliphatic carbocycles. The largest absolute Gasteiger partial charge is 0.487 e. The predicted octanol–water partition coefficient (Wildman–Crippen LogP) is 4.20. The molecule has 2 aromatic carbocycles. The predicted molar refractivity (Wildman–Crippen MR) is 119 cm³/mol. The third-order valence-electron chi connectivity index (χ3n) is 6.53. The molecule has 0 radical (unpaired) electrons. The number of ether oxygens (including phenoxy) is 1. The lowest BCUT2D eigenvalue weighted by molar-refractivity contribution is -0.122. The molecule has 0 bridgehead atoms. The minimum Gasteiger partial charge on any atom is -0.487 e. The first-order valence-electron chi connectivity index (χ1n) is 11.2. The first-order chi connectivity index (χ1) is 15.1. The zero-order valence-electron chi connectivity index (χ0n) is 17.5. The second-order valence-electron chi connectivity index (χ2n) is 8.74. The number of H-pyrrole nitrogens is 1. The van der Waals surface area contributed by atoms with Gasteiger partial charge in [0.1, 0.15) is 17.2 Å². The van der Waals surface area contributed by atoms with Crippen molar-refractivity contribution < 1.29 is 9.53 Å². The fraction of sp³-hybridized carbons (Fsp3) is 0.400. The van der Waals surface area contributed by atoms with Crippen molar-refractivity contribution in [2.75, 3.05) is 0 Å². The molecule has 1 aromatic heterocycles. The summed E-state index contributed by atoms with van der Waals surface area (Å²) in [6.07, 6.45) is 6.87. The highest BCUT2D eigenvalue weighted by atomic mass is 16.5. The molecule has 1 amide bonds. The van der Waals surface area contributed by atoms with E-state index >= 15 is 0 Å². The van der Waals surface area contributed by atoms with Crippen molar-refractivity contribution >= 4 is 16.8 Å². The zero-order chi connectivity index (χ0) is 21.3. The van der Waals surface area contributed by atoms with Gasteiger partial charge in [-0.3, -0.25) is 9.59 Å². The highest BCUT2D eigenvalue weighted by Crippen LogP contribution is 2.47. The second-order valence-corrected chi connectivity index (χ2v) is 8.74. The molecule has 6 heteroatoms. The summed E-state index contributed by atoms with van der Waals surface area (Å²) in [6, 6.07) is 15.3. The number of aryl methyl sites for hydroxylation is 1. The first kappa shape index (κ1) is 19.8. The normalized spacial score (nSPS) is 19.2. The maximum absolute atomic E-state index is 12.7. The summed E-state index contributed by atoms with van der Waals surface area (Å²) in [5, 5.41) is 3.83. The highest BCUT2D eigenvalue weighted by molar-refractivity contribution is 5.77. The number of aromatic nitrogens is 2. The van der Waals surface area contributed by atoms with Crippen LogP contribution in [0, 0.1) is 0 Å². The third kappa shape index (κ3) is 4.07. The van der Waals surface area contributed by atoms with Crippen LogP contribution in [0.3, 0.4) is 0 Å². The maximum Gasteiger partial charge on any atom is 0.258 e. The Balaban J connectivity index is 1.23. The molecule has 0 saturated heterocycles. The molecule has 1 spiro atoms. The fourth-order valence-corrected chi connectivity index (χ4v) is 5.01. The quantitative estimate of drug-likeness (QED) is 0.652. The van der Waals surface area contributed by atoms with E-state index in [9.17, 15) is 9.59 Å². The van der Waals surface area contributed by atoms with E-state index in [4.69, 9.17) is 4.74 Å². The number of rotatable bonds is 5. The van der Waals surface area contributed by atoms with Crippen molar-refractivity contribution in [2.45, 2.75) is 63.0 Å². The number of carbonyl (C=O) groups excluding carboxylic acids is 1. The van der Waals surface area contributed by atoms with Gasteiger partial charge in [-0.1, -0.05) is 30.3 Å². The van der Waals surface area contributed by atoms with Crippen LogP contribution in [0.2, 0.25) is 0 Å². The molecule has 1 aliphatic heterocycles. The van der Waals surface area contributed by atoms with Crippen molar-refractivity contribution in [3.63, 3.8) is 0 Å². The summed E-state index contributed by atoms with van der Waals surface area (Å²) in [5.41, 5.74) is 1.48. The number of nitrogens with zero attached hydrogens (tertiary/aromatic N) is 1. The Labute approximate surface area is 181 Å². The Morgan fingerprint density at radius 3 is 2.77 bits per heavy atom. The molecule has 3 aromatic rings. The number of hydrogen-bond acceptors (Lipinski definition) is 4. The van der Waals surface area contributed by atoms with Crippen molar-refractivity contribution in [1.29, 1.82) is 0 Å². The van der Waals surface area contributed by atoms with E-state index in [0.717, 1.165) is 30.6 Å². The average molecular weight is 418 g/mol. The number of amides is 1. The summed E-state index contributed by atoms with van der Waals surface area (Å²) in [5.74, 6) is 1.55. The Kier molecular flexibility index (Phi) is 5.22. The number of benzene rings is 2. The van der Waals surface area contributed by atoms with Crippen LogP contribution in [0.5, 0.6) is 5.75 Å². The van der Waals surface area contributed by atoms with E-state index in [1.165, 1.54) is 12.8 Å². The molecule has 2 heterocycles. The van der Waals surface area contributed by atoms with Gasteiger partial charge in [0.2, 0.25) is 5.91 Å². The molecule has 1 fully saturated rings. The molecule has 0 unspecified atom stereocenters. The highest BCUT2D eigenvalue weighted by Gasteiger charge is 2.43. The van der Waals surface area contributed by atoms with Gasteiger partial charge in [-0.15, -0.1) is 0 Å². The van der Waals surface area contributed by atoms with Crippen molar-refractivity contribution in [1.82, 2.24) is 15.3 Å². The Morgan fingerprint density at radius 2 is 1.90 bits per heavy atom. The van der Waals surface area contributed by atoms with E-state index < -0.39 is 0 Å². The topological polar surface area (TPSA) is 84.1 Å². The Hall–Kier alpha value is -3.15. The summed E-state index contributed by atoms with van der Waals surface area (Å²) >= 11 is 0. The monoisotopic (exact) mass is 417 g/mol. The summed E-state index contributed by atoms with van der Waals surface area (Å²) < 4.78 is 6.38. The molecular formula is C25H27N3O3. The van der Waals surface area contributed by atoms with E-state index in [1.807, 2.05) is 42.5 Å². The summed E-state index contributed by atoms with van der Waals surface area (Å²) in [6.45, 7) is 0. The number of nitrogens with one attached hydrogen (secondary N) is 2. The molecule has 5 rings (SSSR count). The standard InChI is InChI=1S/C25H27N3O3/c29-23(13-7-12-22-26-19-10-3-1-9-18(19)24(30)28-22)27-20-16-25(14-5-6-15-25)31-21-11-4-2-8-17(20)21/h1-4,8-11,20H,5-7,12-16H2,(H,27,29)(H,26,28,30)/t20-/m0/s1. The van der Waals surface area contributed by atoms with Crippen LogP contribution in [0.4, 0.5) is 0 Å². The average Bonchev–Trinajstić information content (AvgIpc) is 3.21. The maximum atomic E-state index is 12.7. The van der Waals surface area contributed by atoms with Crippen LogP contribution in [0.1, 0.15) is 62.4 Å². The van der Waals surface area contributed by atoms with Crippen LogP contribution < -0.4 is 15.6 Å². The summed E-state index contributed by atoms with van der Waals surface area (Å²) in [7, 11) is 0. The molecular weight excluding hydrogens is 390 g/mol. The molecule has 2 N–H and O–H groups in total. The van der Waals surface area contributed by atoms with E-state index in [0.29, 0.717) is 36.0 Å². The van der Waals surface area contributed by atoms with Crippen LogP contribution in [0.15, 0.2) is 53.3 Å². The first-order valence-corrected chi connectivity index (χ1v) is 11.2. The van der Waals surface area contributed by atoms with Gasteiger partial charge in [-0.05, 0) is 50.3 Å². The lowest BCUT2D eigenvalue weighted by Gasteiger charge is -2.40. The van der Waals surface area contributed by atoms with Gasteiger partial charge in [0.15, 0.2) is 0 Å². The second kappa shape index (κ2) is 8.17. The number of carbonyl (C=O) groups is 1. The fourth-order valence-electron chi connectivity index (χ4n) is 5.01. The Morgan fingerprint density at radius 1 is 1.13 bits per heavy atom. The zero-order valence-corrected chi connectivity index (χ0v) is 17.5. The molecule has 1 saturated carbocycles. The minimum atomic E-state index is -0.138. The minimum absolute atomic E-state index is 0.0193.